The molecule has 0 spiro atoms. The van der Waals surface area contributed by atoms with Crippen LogP contribution < -0.4 is 24.8 Å². The molecule has 0 bridgehead atoms. The van der Waals surface area contributed by atoms with Crippen LogP contribution in [-0.2, 0) is 20.0 Å². The van der Waals surface area contributed by atoms with Crippen molar-refractivity contribution in [1.82, 2.24) is 4.98 Å². The van der Waals surface area contributed by atoms with Crippen molar-refractivity contribution in [2.45, 2.75) is 0 Å². The zero-order valence-corrected chi connectivity index (χ0v) is 20.1. The van der Waals surface area contributed by atoms with Crippen LogP contribution in [0, 0.1) is 0 Å². The van der Waals surface area contributed by atoms with E-state index in [1.807, 2.05) is 115 Å². The molecule has 0 unspecified atom stereocenters. The average Bonchev–Trinajstić information content (AvgIpc) is 2.81. The molecule has 1 heterocycles. The molecule has 0 aliphatic heterocycles. The van der Waals surface area contributed by atoms with Crippen LogP contribution in [0.5, 0.6) is 11.5 Å². The van der Waals surface area contributed by atoms with Gasteiger partial charge in [0.1, 0.15) is 11.5 Å². The number of hydrogen-bond donors (Lipinski definition) is 2. The number of rotatable bonds is 1. The molecule has 0 aliphatic rings. The van der Waals surface area contributed by atoms with Gasteiger partial charge in [-0.2, -0.15) is 0 Å². The molecule has 3 nitrogen and oxygen atoms in total. The average molecular weight is 498 g/mol. The predicted molar refractivity (Wildman–Crippen MR) is 121 cm³/mol. The summed E-state index contributed by atoms with van der Waals surface area (Å²) >= 11 is 1.97. The monoisotopic (exact) mass is 497 g/mol. The third-order valence-corrected chi connectivity index (χ3v) is 4.83. The van der Waals surface area contributed by atoms with E-state index in [0.717, 1.165) is 27.2 Å². The Labute approximate surface area is 211 Å². The van der Waals surface area contributed by atoms with E-state index in [2.05, 4.69) is 4.98 Å². The summed E-state index contributed by atoms with van der Waals surface area (Å²) < 4.78 is 1.97. The number of fused-ring (bicyclic) bond motifs is 2. The Balaban J connectivity index is 0.000000236. The van der Waals surface area contributed by atoms with Crippen molar-refractivity contribution in [2.24, 2.45) is 0 Å². The first-order chi connectivity index (χ1) is 14.7. The van der Waals surface area contributed by atoms with Crippen LogP contribution in [-0.4, -0.2) is 19.5 Å². The van der Waals surface area contributed by atoms with Crippen LogP contribution in [0.4, 0.5) is 0 Å². The number of aromatic nitrogens is 1. The molecular weight excluding hydrogens is 477 g/mol. The molecule has 0 amide bonds. The summed E-state index contributed by atoms with van der Waals surface area (Å²) in [6, 6.07) is 32.4. The Hall–Kier alpha value is -2.69. The van der Waals surface area contributed by atoms with E-state index in [1.54, 1.807) is 18.3 Å². The predicted octanol–water partition coefficient (Wildman–Crippen LogP) is -0.122. The van der Waals surface area contributed by atoms with E-state index in [0.29, 0.717) is 11.5 Å². The van der Waals surface area contributed by atoms with E-state index in [4.69, 9.17) is 0 Å². The van der Waals surface area contributed by atoms with Gasteiger partial charge >= 0.3 is 59.4 Å². The van der Waals surface area contributed by atoms with Gasteiger partial charge < -0.3 is 35.0 Å². The summed E-state index contributed by atoms with van der Waals surface area (Å²) in [5.74, 6) is 0.700. The first kappa shape index (κ1) is 27.3. The second-order valence-electron chi connectivity index (χ2n) is 6.40. The Morgan fingerprint density at radius 2 is 1.00 bits per heavy atom. The van der Waals surface area contributed by atoms with Gasteiger partial charge in [-0.05, 0) is 22.9 Å². The molecule has 4 aromatic carbocycles. The molecular formula is C26H21Cl2NO2Ti-2. The van der Waals surface area contributed by atoms with E-state index in [1.165, 1.54) is 0 Å². The number of phenols is 2. The molecule has 5 aromatic rings. The van der Waals surface area contributed by atoms with Gasteiger partial charge in [0.15, 0.2) is 0 Å². The van der Waals surface area contributed by atoms with Gasteiger partial charge in [-0.3, -0.25) is 0 Å². The van der Waals surface area contributed by atoms with Crippen molar-refractivity contribution in [3.63, 3.8) is 0 Å². The molecule has 5 rings (SSSR count). The van der Waals surface area contributed by atoms with Crippen LogP contribution in [0.15, 0.2) is 109 Å². The summed E-state index contributed by atoms with van der Waals surface area (Å²) in [4.78, 5) is 4.04. The fourth-order valence-electron chi connectivity index (χ4n) is 2.88. The van der Waals surface area contributed by atoms with E-state index < -0.39 is 0 Å². The normalized spacial score (nSPS) is 9.09. The maximum atomic E-state index is 9.37. The first-order valence-electron chi connectivity index (χ1n) is 9.44. The number of nitrogens with zero attached hydrogens (tertiary/aromatic N) is 1. The van der Waals surface area contributed by atoms with Crippen molar-refractivity contribution in [1.29, 1.82) is 0 Å². The van der Waals surface area contributed by atoms with Gasteiger partial charge in [0.25, 0.3) is 0 Å². The van der Waals surface area contributed by atoms with Crippen molar-refractivity contribution in [3.05, 3.63) is 115 Å². The van der Waals surface area contributed by atoms with E-state index in [-0.39, 0.29) is 24.8 Å². The van der Waals surface area contributed by atoms with Gasteiger partial charge in [0.05, 0.1) is 0 Å². The van der Waals surface area contributed by atoms with Crippen molar-refractivity contribution in [3.8, 4) is 11.5 Å². The zero-order chi connectivity index (χ0) is 21.2. The molecule has 1 aromatic heterocycles. The van der Waals surface area contributed by atoms with Crippen molar-refractivity contribution < 1.29 is 55.0 Å². The zero-order valence-electron chi connectivity index (χ0n) is 17.1. The standard InChI is InChI=1S/2C10H8O.C6H5N.2ClH.Ti/c2*11-10-7-3-5-8-4-1-2-6-9(8)10;1-6-4-2-3-5-7-6;;;/h2*1-7,11H;1-5H;2*1H;/p-2. The Bertz CT molecular complexity index is 1160. The van der Waals surface area contributed by atoms with Crippen LogP contribution in [0.3, 0.4) is 0 Å². The fourth-order valence-corrected chi connectivity index (χ4v) is 3.14. The molecule has 0 fully saturated rings. The molecule has 0 saturated heterocycles. The maximum absolute atomic E-state index is 9.37. The number of hydrogen-bond acceptors (Lipinski definition) is 3. The molecule has 2 N–H and O–H groups in total. The molecule has 0 saturated carbocycles. The van der Waals surface area contributed by atoms with Crippen molar-refractivity contribution in [2.75, 3.05) is 0 Å². The fraction of sp³-hybridized carbons (Fsp3) is 0. The minimum atomic E-state index is 0. The van der Waals surface area contributed by atoms with Crippen LogP contribution in [0.25, 0.3) is 21.5 Å². The number of pyridine rings is 1. The topological polar surface area (TPSA) is 53.4 Å². The number of benzene rings is 4. The Morgan fingerprint density at radius 3 is 1.38 bits per heavy atom. The minimum absolute atomic E-state index is 0. The van der Waals surface area contributed by atoms with Gasteiger partial charge in [-0.15, -0.1) is 0 Å². The summed E-state index contributed by atoms with van der Waals surface area (Å²) in [5.41, 5.74) is 1.03. The molecule has 0 aliphatic carbocycles. The van der Waals surface area contributed by atoms with E-state index >= 15 is 0 Å². The summed E-state index contributed by atoms with van der Waals surface area (Å²) in [6.45, 7) is 0. The second kappa shape index (κ2) is 14.4. The molecule has 0 radical (unpaired) electrons. The van der Waals surface area contributed by atoms with Gasteiger partial charge in [-0.25, -0.2) is 0 Å². The molecule has 0 atom stereocenters. The quantitative estimate of drug-likeness (QED) is 0.317. The van der Waals surface area contributed by atoms with Crippen molar-refractivity contribution >= 4 is 25.9 Å². The van der Waals surface area contributed by atoms with Gasteiger partial charge in [-0.1, -0.05) is 72.8 Å². The molecule has 32 heavy (non-hydrogen) atoms. The molecule has 6 heteroatoms. The van der Waals surface area contributed by atoms with Gasteiger partial charge in [0, 0.05) is 10.8 Å². The number of aromatic hydroxyl groups is 2. The number of halogens is 2. The summed E-state index contributed by atoms with van der Waals surface area (Å²) in [5, 5.41) is 22.7. The van der Waals surface area contributed by atoms with E-state index in [9.17, 15) is 10.2 Å². The third-order valence-electron chi connectivity index (χ3n) is 4.37. The van der Waals surface area contributed by atoms with Gasteiger partial charge in [0.2, 0.25) is 0 Å². The van der Waals surface area contributed by atoms with Crippen LogP contribution in [0.1, 0.15) is 5.69 Å². The third kappa shape index (κ3) is 7.78. The second-order valence-corrected chi connectivity index (χ2v) is 6.85. The Kier molecular flexibility index (Phi) is 12.3. The SMILES string of the molecule is Oc1cccc2ccccc12.Oc1cccc2ccccc12.[Cl-].[Cl-].[Ti]=[CH]c1ccccn1. The van der Waals surface area contributed by atoms with Crippen LogP contribution in [0.2, 0.25) is 0 Å². The summed E-state index contributed by atoms with van der Waals surface area (Å²) in [6.07, 6.45) is 1.79. The van der Waals surface area contributed by atoms with Crippen LogP contribution >= 0.6 is 0 Å². The molecule has 162 valence electrons. The Morgan fingerprint density at radius 1 is 0.562 bits per heavy atom. The number of phenolic OH excluding ortho intramolecular Hbond substituents is 2. The first-order valence-corrected chi connectivity index (χ1v) is 10.3. The summed E-state index contributed by atoms with van der Waals surface area (Å²) in [7, 11) is 0.